The second-order valence-corrected chi connectivity index (χ2v) is 5.11. The van der Waals surface area contributed by atoms with Crippen molar-refractivity contribution < 1.29 is 4.79 Å². The van der Waals surface area contributed by atoms with Crippen LogP contribution in [0.25, 0.3) is 0 Å². The molecule has 3 nitrogen and oxygen atoms in total. The molecule has 1 amide bonds. The van der Waals surface area contributed by atoms with Gasteiger partial charge in [0.25, 0.3) is 5.91 Å². The van der Waals surface area contributed by atoms with Crippen LogP contribution >= 0.6 is 0 Å². The van der Waals surface area contributed by atoms with Gasteiger partial charge in [-0.05, 0) is 50.9 Å². The van der Waals surface area contributed by atoms with Crippen LogP contribution in [0.1, 0.15) is 28.8 Å². The summed E-state index contributed by atoms with van der Waals surface area (Å²) in [6.45, 7) is 4.84. The van der Waals surface area contributed by atoms with Crippen molar-refractivity contribution in [2.75, 3.05) is 26.7 Å². The molecule has 1 aromatic rings. The molecular weight excluding hydrogens is 224 g/mol. The molecule has 18 heavy (non-hydrogen) atoms. The molecule has 1 N–H and O–H groups in total. The number of amides is 1. The van der Waals surface area contributed by atoms with Crippen molar-refractivity contribution in [1.82, 2.24) is 10.2 Å². The van der Waals surface area contributed by atoms with Gasteiger partial charge in [0.2, 0.25) is 0 Å². The van der Waals surface area contributed by atoms with Crippen LogP contribution in [0.4, 0.5) is 0 Å². The Hall–Kier alpha value is -1.35. The van der Waals surface area contributed by atoms with Gasteiger partial charge < -0.3 is 10.2 Å². The maximum Gasteiger partial charge on any atom is 0.254 e. The minimum atomic E-state index is 0.191. The summed E-state index contributed by atoms with van der Waals surface area (Å²) in [6.07, 6.45) is 2.22. The minimum Gasteiger partial charge on any atom is -0.339 e. The highest BCUT2D eigenvalue weighted by Crippen LogP contribution is 2.19. The van der Waals surface area contributed by atoms with Gasteiger partial charge in [-0.25, -0.2) is 0 Å². The average Bonchev–Trinajstić information content (AvgIpc) is 2.40. The summed E-state index contributed by atoms with van der Waals surface area (Å²) in [7, 11) is 1.99. The summed E-state index contributed by atoms with van der Waals surface area (Å²) in [5, 5.41) is 3.22. The molecule has 1 aromatic carbocycles. The lowest BCUT2D eigenvalue weighted by atomic mass is 9.96. The molecule has 0 aliphatic carbocycles. The highest BCUT2D eigenvalue weighted by molar-refractivity contribution is 5.95. The Morgan fingerprint density at radius 1 is 1.33 bits per heavy atom. The van der Waals surface area contributed by atoms with Gasteiger partial charge in [-0.1, -0.05) is 18.2 Å². The number of likely N-dealkylation sites (tertiary alicyclic amines) is 1. The predicted molar refractivity (Wildman–Crippen MR) is 73.7 cm³/mol. The number of carbonyl (C=O) groups is 1. The van der Waals surface area contributed by atoms with Crippen molar-refractivity contribution in [3.05, 3.63) is 35.4 Å². The number of carbonyl (C=O) groups excluding carboxylic acids is 1. The highest BCUT2D eigenvalue weighted by Gasteiger charge is 2.23. The van der Waals surface area contributed by atoms with E-state index < -0.39 is 0 Å². The van der Waals surface area contributed by atoms with Crippen LogP contribution in [-0.4, -0.2) is 37.5 Å². The van der Waals surface area contributed by atoms with Crippen molar-refractivity contribution in [2.24, 2.45) is 5.92 Å². The predicted octanol–water partition coefficient (Wildman–Crippen LogP) is 2.07. The third-order valence-electron chi connectivity index (χ3n) is 3.77. The standard InChI is InChI=1S/C15H22N2O/c1-12-5-3-4-6-14(12)15(18)17-9-7-13(8-10-17)11-16-2/h3-6,13,16H,7-11H2,1-2H3. The van der Waals surface area contributed by atoms with Gasteiger partial charge in [0.1, 0.15) is 0 Å². The summed E-state index contributed by atoms with van der Waals surface area (Å²) >= 11 is 0. The normalized spacial score (nSPS) is 16.9. The van der Waals surface area contributed by atoms with Gasteiger partial charge in [0.15, 0.2) is 0 Å². The van der Waals surface area contributed by atoms with Crippen LogP contribution in [0.15, 0.2) is 24.3 Å². The van der Waals surface area contributed by atoms with Gasteiger partial charge in [0, 0.05) is 18.7 Å². The van der Waals surface area contributed by atoms with Gasteiger partial charge in [-0.15, -0.1) is 0 Å². The van der Waals surface area contributed by atoms with E-state index in [4.69, 9.17) is 0 Å². The topological polar surface area (TPSA) is 32.3 Å². The number of nitrogens with one attached hydrogen (secondary N) is 1. The monoisotopic (exact) mass is 246 g/mol. The van der Waals surface area contributed by atoms with Crippen molar-refractivity contribution in [1.29, 1.82) is 0 Å². The molecule has 1 aliphatic heterocycles. The fourth-order valence-electron chi connectivity index (χ4n) is 2.61. The van der Waals surface area contributed by atoms with Gasteiger partial charge >= 0.3 is 0 Å². The molecule has 0 spiro atoms. The fourth-order valence-corrected chi connectivity index (χ4v) is 2.61. The van der Waals surface area contributed by atoms with E-state index in [2.05, 4.69) is 5.32 Å². The lowest BCUT2D eigenvalue weighted by Gasteiger charge is -2.32. The number of aryl methyl sites for hydroxylation is 1. The third kappa shape index (κ3) is 2.91. The first kappa shape index (κ1) is 13.1. The van der Waals surface area contributed by atoms with E-state index in [-0.39, 0.29) is 5.91 Å². The molecule has 1 heterocycles. The van der Waals surface area contributed by atoms with E-state index in [9.17, 15) is 4.79 Å². The van der Waals surface area contributed by atoms with Crippen LogP contribution in [-0.2, 0) is 0 Å². The molecular formula is C15H22N2O. The molecule has 0 atom stereocenters. The first-order chi connectivity index (χ1) is 8.72. The van der Waals surface area contributed by atoms with Crippen molar-refractivity contribution in [2.45, 2.75) is 19.8 Å². The minimum absolute atomic E-state index is 0.191. The number of nitrogens with zero attached hydrogens (tertiary/aromatic N) is 1. The Morgan fingerprint density at radius 3 is 2.61 bits per heavy atom. The number of hydrogen-bond donors (Lipinski definition) is 1. The first-order valence-corrected chi connectivity index (χ1v) is 6.72. The SMILES string of the molecule is CNCC1CCN(C(=O)c2ccccc2C)CC1. The Bertz CT molecular complexity index is 409. The largest absolute Gasteiger partial charge is 0.339 e. The van der Waals surface area contributed by atoms with E-state index in [0.29, 0.717) is 0 Å². The molecule has 0 unspecified atom stereocenters. The molecule has 0 saturated carbocycles. The zero-order valence-corrected chi connectivity index (χ0v) is 11.3. The molecule has 0 radical (unpaired) electrons. The molecule has 1 saturated heterocycles. The highest BCUT2D eigenvalue weighted by atomic mass is 16.2. The number of hydrogen-bond acceptors (Lipinski definition) is 2. The molecule has 3 heteroatoms. The van der Waals surface area contributed by atoms with Crippen LogP contribution in [0.2, 0.25) is 0 Å². The number of piperidine rings is 1. The summed E-state index contributed by atoms with van der Waals surface area (Å²) < 4.78 is 0. The zero-order chi connectivity index (χ0) is 13.0. The number of rotatable bonds is 3. The Kier molecular flexibility index (Phi) is 4.37. The van der Waals surface area contributed by atoms with Gasteiger partial charge in [-0.3, -0.25) is 4.79 Å². The fraction of sp³-hybridized carbons (Fsp3) is 0.533. The van der Waals surface area contributed by atoms with Crippen LogP contribution < -0.4 is 5.32 Å². The number of benzene rings is 1. The smallest absolute Gasteiger partial charge is 0.254 e. The first-order valence-electron chi connectivity index (χ1n) is 6.72. The van der Waals surface area contributed by atoms with Crippen LogP contribution in [0.3, 0.4) is 0 Å². The molecule has 1 aliphatic rings. The average molecular weight is 246 g/mol. The van der Waals surface area contributed by atoms with Crippen molar-refractivity contribution >= 4 is 5.91 Å². The molecule has 2 rings (SSSR count). The van der Waals surface area contributed by atoms with Crippen molar-refractivity contribution in [3.63, 3.8) is 0 Å². The summed E-state index contributed by atoms with van der Waals surface area (Å²) in [5.74, 6) is 0.909. The molecule has 1 fully saturated rings. The van der Waals surface area contributed by atoms with E-state index >= 15 is 0 Å². The second kappa shape index (κ2) is 6.01. The second-order valence-electron chi connectivity index (χ2n) is 5.11. The maximum atomic E-state index is 12.4. The Labute approximate surface area is 109 Å². The van der Waals surface area contributed by atoms with E-state index in [1.165, 1.54) is 0 Å². The van der Waals surface area contributed by atoms with E-state index in [1.54, 1.807) is 0 Å². The van der Waals surface area contributed by atoms with Crippen molar-refractivity contribution in [3.8, 4) is 0 Å². The van der Waals surface area contributed by atoms with Gasteiger partial charge in [-0.2, -0.15) is 0 Å². The molecule has 98 valence electrons. The summed E-state index contributed by atoms with van der Waals surface area (Å²) in [5.41, 5.74) is 1.92. The van der Waals surface area contributed by atoms with Crippen LogP contribution in [0, 0.1) is 12.8 Å². The van der Waals surface area contributed by atoms with Gasteiger partial charge in [0.05, 0.1) is 0 Å². The quantitative estimate of drug-likeness (QED) is 0.885. The summed E-state index contributed by atoms with van der Waals surface area (Å²) in [4.78, 5) is 14.4. The zero-order valence-electron chi connectivity index (χ0n) is 11.3. The lowest BCUT2D eigenvalue weighted by molar-refractivity contribution is 0.0690. The van der Waals surface area contributed by atoms with E-state index in [1.807, 2.05) is 43.1 Å². The maximum absolute atomic E-state index is 12.4. The molecule has 0 bridgehead atoms. The molecule has 0 aromatic heterocycles. The Balaban J connectivity index is 1.98. The lowest BCUT2D eigenvalue weighted by Crippen LogP contribution is -2.40. The Morgan fingerprint density at radius 2 is 2.00 bits per heavy atom. The third-order valence-corrected chi connectivity index (χ3v) is 3.77. The summed E-state index contributed by atoms with van der Waals surface area (Å²) in [6, 6.07) is 7.84. The van der Waals surface area contributed by atoms with E-state index in [0.717, 1.165) is 49.5 Å². The van der Waals surface area contributed by atoms with Crippen LogP contribution in [0.5, 0.6) is 0 Å².